The van der Waals surface area contributed by atoms with Crippen molar-refractivity contribution in [2.45, 2.75) is 39.5 Å². The number of rotatable bonds is 2. The molecule has 92 valence electrons. The zero-order valence-corrected chi connectivity index (χ0v) is 11.0. The summed E-state index contributed by atoms with van der Waals surface area (Å²) >= 11 is 0. The third kappa shape index (κ3) is 2.08. The van der Waals surface area contributed by atoms with Crippen LogP contribution in [0.5, 0.6) is 5.75 Å². The van der Waals surface area contributed by atoms with Gasteiger partial charge in [-0.1, -0.05) is 26.0 Å². The Balaban J connectivity index is 2.40. The van der Waals surface area contributed by atoms with E-state index in [2.05, 4.69) is 19.9 Å². The lowest BCUT2D eigenvalue weighted by atomic mass is 9.77. The number of hydrogen-bond donors (Lipinski definition) is 0. The Bertz CT molecular complexity index is 446. The van der Waals surface area contributed by atoms with E-state index < -0.39 is 0 Å². The maximum absolute atomic E-state index is 12.0. The Labute approximate surface area is 103 Å². The van der Waals surface area contributed by atoms with Gasteiger partial charge < -0.3 is 4.74 Å². The molecule has 1 atom stereocenters. The quantitative estimate of drug-likeness (QED) is 0.780. The maximum Gasteiger partial charge on any atom is 0.140 e. The summed E-state index contributed by atoms with van der Waals surface area (Å²) in [6.07, 6.45) is 1.70. The van der Waals surface area contributed by atoms with Crippen molar-refractivity contribution in [3.05, 3.63) is 29.3 Å². The van der Waals surface area contributed by atoms with E-state index in [9.17, 15) is 4.79 Å². The number of carbonyl (C=O) groups excluding carboxylic acids is 1. The second-order valence-electron chi connectivity index (χ2n) is 5.62. The van der Waals surface area contributed by atoms with Gasteiger partial charge in [-0.15, -0.1) is 0 Å². The van der Waals surface area contributed by atoms with Gasteiger partial charge in [0.05, 0.1) is 7.11 Å². The summed E-state index contributed by atoms with van der Waals surface area (Å²) < 4.78 is 5.26. The zero-order valence-electron chi connectivity index (χ0n) is 11.0. The Hall–Kier alpha value is -1.31. The van der Waals surface area contributed by atoms with E-state index in [1.165, 1.54) is 0 Å². The summed E-state index contributed by atoms with van der Waals surface area (Å²) in [6.45, 7) is 6.39. The molecule has 0 heterocycles. The molecule has 0 saturated heterocycles. The van der Waals surface area contributed by atoms with Crippen molar-refractivity contribution in [2.24, 2.45) is 5.41 Å². The molecule has 0 bridgehead atoms. The Kier molecular flexibility index (Phi) is 2.98. The number of methoxy groups -OCH3 is 1. The van der Waals surface area contributed by atoms with Gasteiger partial charge in [0.1, 0.15) is 11.5 Å². The number of aryl methyl sites for hydroxylation is 1. The van der Waals surface area contributed by atoms with Crippen molar-refractivity contribution in [1.29, 1.82) is 0 Å². The molecule has 0 aliphatic heterocycles. The molecular weight excluding hydrogens is 212 g/mol. The first kappa shape index (κ1) is 12.2. The maximum atomic E-state index is 12.0. The van der Waals surface area contributed by atoms with E-state index in [1.807, 2.05) is 19.1 Å². The van der Waals surface area contributed by atoms with Crippen molar-refractivity contribution < 1.29 is 9.53 Å². The van der Waals surface area contributed by atoms with E-state index >= 15 is 0 Å². The van der Waals surface area contributed by atoms with Crippen LogP contribution in [0.2, 0.25) is 0 Å². The minimum atomic E-state index is 0.0482. The minimum Gasteiger partial charge on any atom is -0.496 e. The Morgan fingerprint density at radius 3 is 2.53 bits per heavy atom. The van der Waals surface area contributed by atoms with Crippen LogP contribution in [0.4, 0.5) is 0 Å². The average Bonchev–Trinajstić information content (AvgIpc) is 2.53. The molecule has 0 radical (unpaired) electrons. The molecule has 2 heteroatoms. The molecule has 1 aliphatic carbocycles. The molecule has 1 aliphatic rings. The van der Waals surface area contributed by atoms with Crippen LogP contribution in [-0.2, 0) is 4.79 Å². The molecule has 1 aromatic rings. The first-order valence-corrected chi connectivity index (χ1v) is 6.13. The van der Waals surface area contributed by atoms with E-state index in [1.54, 1.807) is 7.11 Å². The van der Waals surface area contributed by atoms with Crippen molar-refractivity contribution in [2.75, 3.05) is 7.11 Å². The van der Waals surface area contributed by atoms with Crippen LogP contribution in [0.3, 0.4) is 0 Å². The van der Waals surface area contributed by atoms with Crippen molar-refractivity contribution in [3.8, 4) is 5.75 Å². The lowest BCUT2D eigenvalue weighted by Gasteiger charge is -2.26. The van der Waals surface area contributed by atoms with Gasteiger partial charge in [-0.3, -0.25) is 4.79 Å². The smallest absolute Gasteiger partial charge is 0.140 e. The molecule has 1 saturated carbocycles. The molecule has 0 aromatic heterocycles. The highest BCUT2D eigenvalue weighted by Crippen LogP contribution is 2.47. The summed E-state index contributed by atoms with van der Waals surface area (Å²) in [5.41, 5.74) is 2.31. The predicted octanol–water partition coefficient (Wildman–Crippen LogP) is 3.48. The fraction of sp³-hybridized carbons (Fsp3) is 0.533. The summed E-state index contributed by atoms with van der Waals surface area (Å²) in [7, 11) is 1.67. The molecule has 17 heavy (non-hydrogen) atoms. The molecule has 1 fully saturated rings. The first-order valence-electron chi connectivity index (χ1n) is 6.13. The van der Waals surface area contributed by atoms with Gasteiger partial charge in [-0.25, -0.2) is 0 Å². The van der Waals surface area contributed by atoms with Crippen molar-refractivity contribution >= 4 is 5.78 Å². The molecule has 1 aromatic carbocycles. The van der Waals surface area contributed by atoms with Gasteiger partial charge in [0.15, 0.2) is 0 Å². The number of benzene rings is 1. The van der Waals surface area contributed by atoms with E-state index in [0.29, 0.717) is 12.2 Å². The fourth-order valence-corrected chi connectivity index (χ4v) is 2.89. The lowest BCUT2D eigenvalue weighted by Crippen LogP contribution is -2.20. The fourth-order valence-electron chi connectivity index (χ4n) is 2.89. The number of carbonyl (C=O) groups is 1. The van der Waals surface area contributed by atoms with Crippen LogP contribution in [0.1, 0.15) is 43.7 Å². The van der Waals surface area contributed by atoms with Gasteiger partial charge in [0, 0.05) is 12.3 Å². The third-order valence-corrected chi connectivity index (χ3v) is 3.87. The highest BCUT2D eigenvalue weighted by Gasteiger charge is 2.41. The molecule has 1 unspecified atom stereocenters. The standard InChI is InChI=1S/C15H20O2/c1-10-9-11(5-6-13(10)17-4)14-12(16)7-8-15(14,2)3/h5-6,9,14H,7-8H2,1-4H3. The number of ether oxygens (including phenoxy) is 1. The molecule has 0 amide bonds. The average molecular weight is 232 g/mol. The number of hydrogen-bond acceptors (Lipinski definition) is 2. The molecule has 0 N–H and O–H groups in total. The Morgan fingerprint density at radius 1 is 1.35 bits per heavy atom. The summed E-state index contributed by atoms with van der Waals surface area (Å²) in [4.78, 5) is 12.0. The van der Waals surface area contributed by atoms with Gasteiger partial charge in [-0.05, 0) is 36.0 Å². The van der Waals surface area contributed by atoms with Crippen LogP contribution in [-0.4, -0.2) is 12.9 Å². The Morgan fingerprint density at radius 2 is 2.06 bits per heavy atom. The monoisotopic (exact) mass is 232 g/mol. The molecule has 0 spiro atoms. The number of ketones is 1. The summed E-state index contributed by atoms with van der Waals surface area (Å²) in [5.74, 6) is 1.31. The highest BCUT2D eigenvalue weighted by atomic mass is 16.5. The van der Waals surface area contributed by atoms with Gasteiger partial charge in [-0.2, -0.15) is 0 Å². The second kappa shape index (κ2) is 4.17. The molecule has 2 rings (SSSR count). The second-order valence-corrected chi connectivity index (χ2v) is 5.62. The van der Waals surface area contributed by atoms with Crippen LogP contribution in [0.25, 0.3) is 0 Å². The van der Waals surface area contributed by atoms with Crippen LogP contribution in [0, 0.1) is 12.3 Å². The van der Waals surface area contributed by atoms with Gasteiger partial charge in [0.2, 0.25) is 0 Å². The van der Waals surface area contributed by atoms with Crippen molar-refractivity contribution in [3.63, 3.8) is 0 Å². The van der Waals surface area contributed by atoms with Crippen LogP contribution < -0.4 is 4.74 Å². The van der Waals surface area contributed by atoms with Crippen molar-refractivity contribution in [1.82, 2.24) is 0 Å². The summed E-state index contributed by atoms with van der Waals surface area (Å²) in [5, 5.41) is 0. The normalized spacial score (nSPS) is 22.8. The largest absolute Gasteiger partial charge is 0.496 e. The predicted molar refractivity (Wildman–Crippen MR) is 68.5 cm³/mol. The van der Waals surface area contributed by atoms with Crippen LogP contribution >= 0.6 is 0 Å². The SMILES string of the molecule is COc1ccc(C2C(=O)CCC2(C)C)cc1C. The molecule has 2 nitrogen and oxygen atoms in total. The lowest BCUT2D eigenvalue weighted by molar-refractivity contribution is -0.119. The van der Waals surface area contributed by atoms with E-state index in [-0.39, 0.29) is 11.3 Å². The minimum absolute atomic E-state index is 0.0482. The van der Waals surface area contributed by atoms with Gasteiger partial charge >= 0.3 is 0 Å². The highest BCUT2D eigenvalue weighted by molar-refractivity contribution is 5.89. The number of Topliss-reactive ketones (excluding diaryl/α,β-unsaturated/α-hetero) is 1. The van der Waals surface area contributed by atoms with Gasteiger partial charge in [0.25, 0.3) is 0 Å². The van der Waals surface area contributed by atoms with Crippen LogP contribution in [0.15, 0.2) is 18.2 Å². The van der Waals surface area contributed by atoms with E-state index in [0.717, 1.165) is 23.3 Å². The topological polar surface area (TPSA) is 26.3 Å². The van der Waals surface area contributed by atoms with E-state index in [4.69, 9.17) is 4.74 Å². The zero-order chi connectivity index (χ0) is 12.6. The summed E-state index contributed by atoms with van der Waals surface area (Å²) in [6, 6.07) is 6.09. The molecular formula is C15H20O2. The first-order chi connectivity index (χ1) is 7.95. The third-order valence-electron chi connectivity index (χ3n) is 3.87.